The van der Waals surface area contributed by atoms with Crippen molar-refractivity contribution in [2.75, 3.05) is 19.9 Å². The maximum Gasteiger partial charge on any atom is 0.321 e. The van der Waals surface area contributed by atoms with Gasteiger partial charge in [0.1, 0.15) is 5.75 Å². The number of ketones is 1. The molecule has 0 bridgehead atoms. The second-order valence-electron chi connectivity index (χ2n) is 7.78. The lowest BCUT2D eigenvalue weighted by molar-refractivity contribution is 0.0811. The largest absolute Gasteiger partial charge is 0.454 e. The topological polar surface area (TPSA) is 73.8 Å². The third kappa shape index (κ3) is 4.51. The summed E-state index contributed by atoms with van der Waals surface area (Å²) in [6.45, 7) is 2.75. The third-order valence-corrected chi connectivity index (χ3v) is 5.61. The summed E-state index contributed by atoms with van der Waals surface area (Å²) in [5, 5.41) is 0. The van der Waals surface area contributed by atoms with Gasteiger partial charge in [-0.25, -0.2) is 9.97 Å². The first kappa shape index (κ1) is 19.5. The van der Waals surface area contributed by atoms with E-state index in [0.29, 0.717) is 28.8 Å². The summed E-state index contributed by atoms with van der Waals surface area (Å²) < 4.78 is 16.4. The molecule has 0 unspecified atom stereocenters. The molecule has 0 radical (unpaired) electrons. The lowest BCUT2D eigenvalue weighted by atomic mass is 9.89. The van der Waals surface area contributed by atoms with Gasteiger partial charge in [-0.1, -0.05) is 12.1 Å². The molecule has 1 saturated heterocycles. The number of carbonyl (C=O) groups excluding carboxylic acids is 1. The van der Waals surface area contributed by atoms with Crippen molar-refractivity contribution >= 4 is 5.78 Å². The highest BCUT2D eigenvalue weighted by Gasteiger charge is 2.28. The Kier molecular flexibility index (Phi) is 5.50. The van der Waals surface area contributed by atoms with Crippen molar-refractivity contribution in [1.82, 2.24) is 14.9 Å². The molecule has 0 saturated carbocycles. The molecule has 2 aliphatic rings. The standard InChI is InChI=1S/C24H23N3O4/c28-23(18-6-9-21-22(13-18)30-16-29-21)19-3-1-12-27(15-19)14-17-4-7-20(8-5-17)31-24-25-10-2-11-26-24/h2,4-11,13,19H,1,3,12,14-16H2/t19-/m0/s1. The molecule has 1 atom stereocenters. The zero-order valence-electron chi connectivity index (χ0n) is 17.1. The SMILES string of the molecule is O=C(c1ccc2c(c1)OCO2)[C@H]1CCCN(Cc2ccc(Oc3ncccn3)cc2)C1. The fourth-order valence-electron chi connectivity index (χ4n) is 4.06. The lowest BCUT2D eigenvalue weighted by Gasteiger charge is -2.32. The van der Waals surface area contributed by atoms with Crippen LogP contribution in [0, 0.1) is 5.92 Å². The van der Waals surface area contributed by atoms with Crippen LogP contribution in [-0.2, 0) is 6.54 Å². The number of piperidine rings is 1. The number of carbonyl (C=O) groups is 1. The van der Waals surface area contributed by atoms with Crippen LogP contribution in [0.3, 0.4) is 0 Å². The van der Waals surface area contributed by atoms with Crippen molar-refractivity contribution < 1.29 is 19.0 Å². The first-order valence-electron chi connectivity index (χ1n) is 10.4. The Morgan fingerprint density at radius 1 is 1.06 bits per heavy atom. The molecule has 3 heterocycles. The minimum Gasteiger partial charge on any atom is -0.454 e. The van der Waals surface area contributed by atoms with Crippen LogP contribution in [0.5, 0.6) is 23.3 Å². The number of benzene rings is 2. The molecule has 0 spiro atoms. The Labute approximate surface area is 180 Å². The monoisotopic (exact) mass is 417 g/mol. The highest BCUT2D eigenvalue weighted by atomic mass is 16.7. The van der Waals surface area contributed by atoms with E-state index >= 15 is 0 Å². The number of ether oxygens (including phenoxy) is 3. The summed E-state index contributed by atoms with van der Waals surface area (Å²) >= 11 is 0. The van der Waals surface area contributed by atoms with Gasteiger partial charge in [0.15, 0.2) is 17.3 Å². The molecule has 31 heavy (non-hydrogen) atoms. The number of rotatable bonds is 6. The predicted octanol–water partition coefficient (Wildman–Crippen LogP) is 4.09. The summed E-state index contributed by atoms with van der Waals surface area (Å²) in [5.74, 6) is 2.22. The second kappa shape index (κ2) is 8.73. The lowest BCUT2D eigenvalue weighted by Crippen LogP contribution is -2.38. The van der Waals surface area contributed by atoms with Gasteiger partial charge in [0.25, 0.3) is 0 Å². The maximum atomic E-state index is 13.1. The van der Waals surface area contributed by atoms with Gasteiger partial charge in [-0.2, -0.15) is 0 Å². The number of fused-ring (bicyclic) bond motifs is 1. The summed E-state index contributed by atoms with van der Waals surface area (Å²) in [5.41, 5.74) is 1.87. The highest BCUT2D eigenvalue weighted by Crippen LogP contribution is 2.34. The van der Waals surface area contributed by atoms with E-state index in [1.54, 1.807) is 24.5 Å². The molecule has 2 aliphatic heterocycles. The fourth-order valence-corrected chi connectivity index (χ4v) is 4.06. The van der Waals surface area contributed by atoms with Gasteiger partial charge in [0.05, 0.1) is 0 Å². The molecule has 5 rings (SSSR count). The van der Waals surface area contributed by atoms with Gasteiger partial charge in [0, 0.05) is 37.0 Å². The molecule has 7 heteroatoms. The van der Waals surface area contributed by atoms with E-state index in [1.165, 1.54) is 5.56 Å². The molecule has 1 aromatic heterocycles. The average Bonchev–Trinajstić information content (AvgIpc) is 3.29. The summed E-state index contributed by atoms with van der Waals surface area (Å²) in [4.78, 5) is 23.5. The van der Waals surface area contributed by atoms with E-state index in [0.717, 1.165) is 32.5 Å². The van der Waals surface area contributed by atoms with Crippen LogP contribution in [0.15, 0.2) is 60.9 Å². The molecular weight excluding hydrogens is 394 g/mol. The number of hydrogen-bond donors (Lipinski definition) is 0. The van der Waals surface area contributed by atoms with Crippen LogP contribution < -0.4 is 14.2 Å². The van der Waals surface area contributed by atoms with E-state index in [2.05, 4.69) is 14.9 Å². The molecule has 158 valence electrons. The van der Waals surface area contributed by atoms with Gasteiger partial charge in [-0.15, -0.1) is 0 Å². The zero-order chi connectivity index (χ0) is 21.0. The fraction of sp³-hybridized carbons (Fsp3) is 0.292. The van der Waals surface area contributed by atoms with Crippen LogP contribution in [0.25, 0.3) is 0 Å². The minimum atomic E-state index is -0.00745. The van der Waals surface area contributed by atoms with Crippen LogP contribution in [-0.4, -0.2) is 40.5 Å². The third-order valence-electron chi connectivity index (χ3n) is 5.61. The van der Waals surface area contributed by atoms with Crippen LogP contribution in [0.1, 0.15) is 28.8 Å². The summed E-state index contributed by atoms with van der Waals surface area (Å²) in [6, 6.07) is 15.5. The Balaban J connectivity index is 1.20. The highest BCUT2D eigenvalue weighted by molar-refractivity contribution is 5.98. The van der Waals surface area contributed by atoms with Crippen LogP contribution in [0.4, 0.5) is 0 Å². The smallest absolute Gasteiger partial charge is 0.321 e. The van der Waals surface area contributed by atoms with Gasteiger partial charge >= 0.3 is 6.01 Å². The number of hydrogen-bond acceptors (Lipinski definition) is 7. The van der Waals surface area contributed by atoms with E-state index < -0.39 is 0 Å². The van der Waals surface area contributed by atoms with Crippen LogP contribution >= 0.6 is 0 Å². The van der Waals surface area contributed by atoms with Gasteiger partial charge in [-0.3, -0.25) is 9.69 Å². The Morgan fingerprint density at radius 2 is 1.87 bits per heavy atom. The number of nitrogens with zero attached hydrogens (tertiary/aromatic N) is 3. The zero-order valence-corrected chi connectivity index (χ0v) is 17.1. The Bertz CT molecular complexity index is 1060. The summed E-state index contributed by atoms with van der Waals surface area (Å²) in [7, 11) is 0. The average molecular weight is 417 g/mol. The van der Waals surface area contributed by atoms with Crippen molar-refractivity contribution in [3.05, 3.63) is 72.1 Å². The number of Topliss-reactive ketones (excluding diaryl/α,β-unsaturated/α-hetero) is 1. The normalized spacial score (nSPS) is 18.0. The molecule has 0 N–H and O–H groups in total. The summed E-state index contributed by atoms with van der Waals surface area (Å²) in [6.07, 6.45) is 5.21. The molecular formula is C24H23N3O4. The first-order chi connectivity index (χ1) is 15.2. The minimum absolute atomic E-state index is 0.00745. The molecule has 3 aromatic rings. The van der Waals surface area contributed by atoms with Gasteiger partial charge < -0.3 is 14.2 Å². The molecule has 0 aliphatic carbocycles. The van der Waals surface area contributed by atoms with Crippen molar-refractivity contribution in [1.29, 1.82) is 0 Å². The quantitative estimate of drug-likeness (QED) is 0.559. The Morgan fingerprint density at radius 3 is 2.71 bits per heavy atom. The number of likely N-dealkylation sites (tertiary alicyclic amines) is 1. The number of aromatic nitrogens is 2. The molecule has 2 aromatic carbocycles. The van der Waals surface area contributed by atoms with Crippen molar-refractivity contribution in [3.8, 4) is 23.3 Å². The van der Waals surface area contributed by atoms with E-state index in [9.17, 15) is 4.79 Å². The van der Waals surface area contributed by atoms with Crippen molar-refractivity contribution in [2.45, 2.75) is 19.4 Å². The van der Waals surface area contributed by atoms with Crippen LogP contribution in [0.2, 0.25) is 0 Å². The predicted molar refractivity (Wildman–Crippen MR) is 113 cm³/mol. The van der Waals surface area contributed by atoms with Crippen molar-refractivity contribution in [2.24, 2.45) is 5.92 Å². The maximum absolute atomic E-state index is 13.1. The molecule has 0 amide bonds. The van der Waals surface area contributed by atoms with E-state index in [1.807, 2.05) is 36.4 Å². The molecule has 7 nitrogen and oxygen atoms in total. The van der Waals surface area contributed by atoms with E-state index in [-0.39, 0.29) is 18.5 Å². The van der Waals surface area contributed by atoms with Crippen molar-refractivity contribution in [3.63, 3.8) is 0 Å². The molecule has 1 fully saturated rings. The first-order valence-corrected chi connectivity index (χ1v) is 10.4. The van der Waals surface area contributed by atoms with Gasteiger partial charge in [-0.05, 0) is 61.3 Å². The van der Waals surface area contributed by atoms with E-state index in [4.69, 9.17) is 14.2 Å². The Hall–Kier alpha value is -3.45. The van der Waals surface area contributed by atoms with Gasteiger partial charge in [0.2, 0.25) is 6.79 Å². The second-order valence-corrected chi connectivity index (χ2v) is 7.78.